The molecule has 0 radical (unpaired) electrons. The van der Waals surface area contributed by atoms with Crippen LogP contribution in [0.4, 0.5) is 0 Å². The first-order valence-electron chi connectivity index (χ1n) is 5.76. The fraction of sp³-hybridized carbons (Fsp3) is 0.357. The van der Waals surface area contributed by atoms with Crippen molar-refractivity contribution >= 4 is 0 Å². The molecule has 98 valence electrons. The second-order valence-corrected chi connectivity index (χ2v) is 4.16. The van der Waals surface area contributed by atoms with Gasteiger partial charge < -0.3 is 14.6 Å². The first-order chi connectivity index (χ1) is 8.51. The van der Waals surface area contributed by atoms with Crippen LogP contribution in [-0.2, 0) is 6.61 Å². The average molecular weight is 250 g/mol. The molecule has 0 amide bonds. The number of aromatic hydroxyl groups is 1. The SMILES string of the molecule is C=CCCC(=C)C(C)c1oc(CO)cc(=O)c1O. The smallest absolute Gasteiger partial charge is 0.227 e. The van der Waals surface area contributed by atoms with Crippen LogP contribution >= 0.6 is 0 Å². The first-order valence-corrected chi connectivity index (χ1v) is 5.76. The molecule has 0 spiro atoms. The largest absolute Gasteiger partial charge is 0.502 e. The quantitative estimate of drug-likeness (QED) is 0.761. The van der Waals surface area contributed by atoms with E-state index in [0.29, 0.717) is 6.42 Å². The van der Waals surface area contributed by atoms with Crippen LogP contribution < -0.4 is 5.43 Å². The zero-order valence-electron chi connectivity index (χ0n) is 10.5. The summed E-state index contributed by atoms with van der Waals surface area (Å²) in [5.74, 6) is -0.416. The maximum atomic E-state index is 11.5. The van der Waals surface area contributed by atoms with Gasteiger partial charge in [0.25, 0.3) is 0 Å². The summed E-state index contributed by atoms with van der Waals surface area (Å²) in [6, 6.07) is 1.08. The zero-order chi connectivity index (χ0) is 13.7. The van der Waals surface area contributed by atoms with Gasteiger partial charge in [-0.25, -0.2) is 0 Å². The predicted molar refractivity (Wildman–Crippen MR) is 69.6 cm³/mol. The van der Waals surface area contributed by atoms with Crippen molar-refractivity contribution in [2.24, 2.45) is 0 Å². The van der Waals surface area contributed by atoms with Gasteiger partial charge in [-0.2, -0.15) is 0 Å². The molecule has 0 saturated carbocycles. The van der Waals surface area contributed by atoms with Crippen LogP contribution in [0.25, 0.3) is 0 Å². The molecule has 1 aromatic rings. The Labute approximate surface area is 106 Å². The van der Waals surface area contributed by atoms with Crippen LogP contribution in [0.3, 0.4) is 0 Å². The van der Waals surface area contributed by atoms with Crippen molar-refractivity contribution in [2.45, 2.75) is 32.3 Å². The Morgan fingerprint density at radius 2 is 2.28 bits per heavy atom. The molecule has 0 aromatic carbocycles. The minimum absolute atomic E-state index is 0.135. The number of aliphatic hydroxyl groups excluding tert-OH is 1. The standard InChI is InChI=1S/C14H18O4/c1-4-5-6-9(2)10(3)14-13(17)12(16)7-11(8-15)18-14/h4,7,10,15,17H,1-2,5-6,8H2,3H3. The maximum Gasteiger partial charge on any atom is 0.227 e. The predicted octanol–water partition coefficient (Wildman–Crippen LogP) is 2.46. The molecule has 0 bridgehead atoms. The molecule has 1 atom stereocenters. The number of hydrogen-bond acceptors (Lipinski definition) is 4. The van der Waals surface area contributed by atoms with E-state index in [0.717, 1.165) is 18.1 Å². The lowest BCUT2D eigenvalue weighted by molar-refractivity contribution is 0.234. The van der Waals surface area contributed by atoms with Crippen molar-refractivity contribution in [1.82, 2.24) is 0 Å². The number of allylic oxidation sites excluding steroid dienone is 2. The molecule has 1 rings (SSSR count). The molecule has 0 saturated heterocycles. The monoisotopic (exact) mass is 250 g/mol. The topological polar surface area (TPSA) is 70.7 Å². The van der Waals surface area contributed by atoms with Gasteiger partial charge in [0.1, 0.15) is 12.4 Å². The van der Waals surface area contributed by atoms with Gasteiger partial charge >= 0.3 is 0 Å². The van der Waals surface area contributed by atoms with Gasteiger partial charge in [-0.1, -0.05) is 25.2 Å². The minimum Gasteiger partial charge on any atom is -0.502 e. The second-order valence-electron chi connectivity index (χ2n) is 4.16. The van der Waals surface area contributed by atoms with Gasteiger partial charge in [0.05, 0.1) is 0 Å². The lowest BCUT2D eigenvalue weighted by Gasteiger charge is -2.15. The van der Waals surface area contributed by atoms with E-state index in [2.05, 4.69) is 13.2 Å². The summed E-state index contributed by atoms with van der Waals surface area (Å²) in [4.78, 5) is 11.5. The van der Waals surface area contributed by atoms with Crippen LogP contribution in [0, 0.1) is 0 Å². The highest BCUT2D eigenvalue weighted by molar-refractivity contribution is 5.32. The molecule has 0 aliphatic heterocycles. The van der Waals surface area contributed by atoms with Crippen LogP contribution in [0.1, 0.15) is 37.2 Å². The highest BCUT2D eigenvalue weighted by Gasteiger charge is 2.19. The molecule has 1 heterocycles. The van der Waals surface area contributed by atoms with E-state index >= 15 is 0 Å². The van der Waals surface area contributed by atoms with E-state index in [1.54, 1.807) is 13.0 Å². The van der Waals surface area contributed by atoms with Crippen molar-refractivity contribution in [1.29, 1.82) is 0 Å². The van der Waals surface area contributed by atoms with Crippen LogP contribution in [-0.4, -0.2) is 10.2 Å². The fourth-order valence-corrected chi connectivity index (χ4v) is 1.62. The molecule has 0 aliphatic carbocycles. The Bertz CT molecular complexity index is 499. The van der Waals surface area contributed by atoms with Crippen molar-refractivity contribution < 1.29 is 14.6 Å². The summed E-state index contributed by atoms with van der Waals surface area (Å²) in [6.07, 6.45) is 3.25. The summed E-state index contributed by atoms with van der Waals surface area (Å²) in [5.41, 5.74) is 0.284. The van der Waals surface area contributed by atoms with E-state index < -0.39 is 11.2 Å². The van der Waals surface area contributed by atoms with Crippen molar-refractivity contribution in [3.63, 3.8) is 0 Å². The number of rotatable bonds is 6. The van der Waals surface area contributed by atoms with Crippen molar-refractivity contribution in [2.75, 3.05) is 0 Å². The molecular weight excluding hydrogens is 232 g/mol. The Balaban J connectivity index is 3.08. The maximum absolute atomic E-state index is 11.5. The van der Waals surface area contributed by atoms with E-state index in [-0.39, 0.29) is 24.0 Å². The summed E-state index contributed by atoms with van der Waals surface area (Å²) in [5, 5.41) is 18.7. The van der Waals surface area contributed by atoms with Gasteiger partial charge in [-0.3, -0.25) is 4.79 Å². The Kier molecular flexibility index (Phi) is 4.92. The highest BCUT2D eigenvalue weighted by Crippen LogP contribution is 2.30. The Morgan fingerprint density at radius 1 is 1.61 bits per heavy atom. The van der Waals surface area contributed by atoms with Gasteiger partial charge in [0.15, 0.2) is 5.76 Å². The Morgan fingerprint density at radius 3 is 2.83 bits per heavy atom. The van der Waals surface area contributed by atoms with Gasteiger partial charge in [0.2, 0.25) is 11.2 Å². The zero-order valence-corrected chi connectivity index (χ0v) is 10.5. The van der Waals surface area contributed by atoms with Crippen LogP contribution in [0.2, 0.25) is 0 Å². The summed E-state index contributed by atoms with van der Waals surface area (Å²) in [6.45, 7) is 8.95. The molecule has 1 unspecified atom stereocenters. The lowest BCUT2D eigenvalue weighted by Crippen LogP contribution is -2.08. The van der Waals surface area contributed by atoms with Gasteiger partial charge in [0, 0.05) is 12.0 Å². The molecule has 1 aromatic heterocycles. The third kappa shape index (κ3) is 3.11. The summed E-state index contributed by atoms with van der Waals surface area (Å²) < 4.78 is 5.31. The lowest BCUT2D eigenvalue weighted by atomic mass is 9.95. The first kappa shape index (κ1) is 14.3. The number of hydrogen-bond donors (Lipinski definition) is 2. The van der Waals surface area contributed by atoms with E-state index in [4.69, 9.17) is 9.52 Å². The van der Waals surface area contributed by atoms with Crippen LogP contribution in [0.15, 0.2) is 40.1 Å². The number of aliphatic hydroxyl groups is 1. The molecule has 18 heavy (non-hydrogen) atoms. The van der Waals surface area contributed by atoms with Gasteiger partial charge in [-0.05, 0) is 12.8 Å². The van der Waals surface area contributed by atoms with Crippen molar-refractivity contribution in [3.8, 4) is 5.75 Å². The van der Waals surface area contributed by atoms with E-state index in [9.17, 15) is 9.90 Å². The minimum atomic E-state index is -0.552. The molecule has 4 heteroatoms. The summed E-state index contributed by atoms with van der Waals surface area (Å²) in [7, 11) is 0. The molecule has 0 aliphatic rings. The molecule has 4 nitrogen and oxygen atoms in total. The third-order valence-corrected chi connectivity index (χ3v) is 2.83. The van der Waals surface area contributed by atoms with E-state index in [1.807, 2.05) is 0 Å². The van der Waals surface area contributed by atoms with E-state index in [1.165, 1.54) is 0 Å². The molecule has 2 N–H and O–H groups in total. The van der Waals surface area contributed by atoms with Gasteiger partial charge in [-0.15, -0.1) is 6.58 Å². The normalized spacial score (nSPS) is 12.1. The van der Waals surface area contributed by atoms with Crippen molar-refractivity contribution in [3.05, 3.63) is 52.6 Å². The average Bonchev–Trinajstić information content (AvgIpc) is 2.38. The molecular formula is C14H18O4. The second kappa shape index (κ2) is 6.21. The van der Waals surface area contributed by atoms with Crippen LogP contribution in [0.5, 0.6) is 5.75 Å². The third-order valence-electron chi connectivity index (χ3n) is 2.83. The summed E-state index contributed by atoms with van der Waals surface area (Å²) >= 11 is 0. The fourth-order valence-electron chi connectivity index (χ4n) is 1.62. The highest BCUT2D eigenvalue weighted by atomic mass is 16.4. The molecule has 0 fully saturated rings. The Hall–Kier alpha value is -1.81.